The number of hydrogen-bond acceptors (Lipinski definition) is 5. The van der Waals surface area contributed by atoms with Crippen molar-refractivity contribution in [3.63, 3.8) is 0 Å². The van der Waals surface area contributed by atoms with Crippen LogP contribution in [0.5, 0.6) is 0 Å². The number of ether oxygens (including phenoxy) is 3. The van der Waals surface area contributed by atoms with Crippen LogP contribution in [0.3, 0.4) is 0 Å². The molecule has 0 heterocycles. The molecule has 0 unspecified atom stereocenters. The average Bonchev–Trinajstić information content (AvgIpc) is 2.38. The third-order valence-electron chi connectivity index (χ3n) is 3.41. The van der Waals surface area contributed by atoms with Crippen LogP contribution in [0.25, 0.3) is 0 Å². The molecule has 0 rings (SSSR count). The number of methoxy groups -OCH3 is 1. The maximum absolute atomic E-state index is 12.5. The van der Waals surface area contributed by atoms with Gasteiger partial charge in [-0.15, -0.1) is 0 Å². The van der Waals surface area contributed by atoms with Crippen molar-refractivity contribution < 1.29 is 23.8 Å². The molecule has 0 aliphatic rings. The van der Waals surface area contributed by atoms with Crippen molar-refractivity contribution in [3.8, 4) is 0 Å². The Hall–Kier alpha value is -1.30. The van der Waals surface area contributed by atoms with Crippen LogP contribution < -0.4 is 0 Å². The summed E-state index contributed by atoms with van der Waals surface area (Å²) in [7, 11) is 1.47. The van der Waals surface area contributed by atoms with Gasteiger partial charge in [-0.2, -0.15) is 0 Å². The fourth-order valence-electron chi connectivity index (χ4n) is 1.82. The Morgan fingerprint density at radius 3 is 2.05 bits per heavy atom. The zero-order valence-corrected chi connectivity index (χ0v) is 15.2. The predicted molar refractivity (Wildman–Crippen MR) is 84.4 cm³/mol. The van der Waals surface area contributed by atoms with E-state index >= 15 is 0 Å². The van der Waals surface area contributed by atoms with E-state index in [1.54, 1.807) is 27.7 Å². The first-order valence-corrected chi connectivity index (χ1v) is 7.67. The first-order valence-electron chi connectivity index (χ1n) is 7.67. The standard InChI is InChI=1S/C16H31NO5/c1-9-10-21-13(18)16(7,12(2)3)17(11-20-8)14(19)22-15(4,5)6/h12H,9-11H2,1-8H3/t16-/m0/s1. The molecule has 0 aromatic carbocycles. The highest BCUT2D eigenvalue weighted by molar-refractivity contribution is 5.85. The van der Waals surface area contributed by atoms with Gasteiger partial charge in [0.2, 0.25) is 0 Å². The summed E-state index contributed by atoms with van der Waals surface area (Å²) in [6, 6.07) is 0. The Balaban J connectivity index is 5.51. The van der Waals surface area contributed by atoms with Crippen LogP contribution >= 0.6 is 0 Å². The second kappa shape index (κ2) is 8.36. The zero-order chi connectivity index (χ0) is 17.6. The molecule has 1 amide bonds. The summed E-state index contributed by atoms with van der Waals surface area (Å²) in [5.74, 6) is -0.619. The van der Waals surface area contributed by atoms with Gasteiger partial charge in [0.1, 0.15) is 17.9 Å². The van der Waals surface area contributed by atoms with E-state index in [2.05, 4.69) is 0 Å². The summed E-state index contributed by atoms with van der Waals surface area (Å²) in [4.78, 5) is 26.3. The Labute approximate surface area is 134 Å². The lowest BCUT2D eigenvalue weighted by molar-refractivity contribution is -0.164. The Morgan fingerprint density at radius 2 is 1.68 bits per heavy atom. The maximum Gasteiger partial charge on any atom is 0.413 e. The average molecular weight is 317 g/mol. The third-order valence-corrected chi connectivity index (χ3v) is 3.41. The third kappa shape index (κ3) is 5.48. The molecule has 0 N–H and O–H groups in total. The van der Waals surface area contributed by atoms with Crippen molar-refractivity contribution in [2.45, 2.75) is 66.0 Å². The van der Waals surface area contributed by atoms with Gasteiger partial charge in [0.15, 0.2) is 0 Å². The van der Waals surface area contributed by atoms with Crippen LogP contribution in [0.4, 0.5) is 4.79 Å². The van der Waals surface area contributed by atoms with E-state index in [1.807, 2.05) is 20.8 Å². The SMILES string of the molecule is CCCOC(=O)[C@](C)(C(C)C)N(COC)C(=O)OC(C)(C)C. The smallest absolute Gasteiger partial charge is 0.413 e. The molecule has 0 aliphatic heterocycles. The van der Waals surface area contributed by atoms with Crippen molar-refractivity contribution >= 4 is 12.1 Å². The summed E-state index contributed by atoms with van der Waals surface area (Å²) in [5, 5.41) is 0. The van der Waals surface area contributed by atoms with Crippen molar-refractivity contribution in [2.24, 2.45) is 5.92 Å². The minimum absolute atomic E-state index is 0.0508. The van der Waals surface area contributed by atoms with E-state index in [4.69, 9.17) is 14.2 Å². The molecule has 6 nitrogen and oxygen atoms in total. The molecule has 1 atom stereocenters. The van der Waals surface area contributed by atoms with E-state index in [0.717, 1.165) is 6.42 Å². The molecular formula is C16H31NO5. The van der Waals surface area contributed by atoms with Gasteiger partial charge in [0, 0.05) is 7.11 Å². The minimum atomic E-state index is -1.16. The number of carbonyl (C=O) groups excluding carboxylic acids is 2. The van der Waals surface area contributed by atoms with Gasteiger partial charge < -0.3 is 14.2 Å². The number of hydrogen-bond donors (Lipinski definition) is 0. The summed E-state index contributed by atoms with van der Waals surface area (Å²) in [6.07, 6.45) is 0.121. The summed E-state index contributed by atoms with van der Waals surface area (Å²) < 4.78 is 15.8. The zero-order valence-electron chi connectivity index (χ0n) is 15.2. The topological polar surface area (TPSA) is 65.1 Å². The van der Waals surface area contributed by atoms with E-state index in [1.165, 1.54) is 12.0 Å². The van der Waals surface area contributed by atoms with Crippen molar-refractivity contribution in [1.29, 1.82) is 0 Å². The fraction of sp³-hybridized carbons (Fsp3) is 0.875. The fourth-order valence-corrected chi connectivity index (χ4v) is 1.82. The van der Waals surface area contributed by atoms with E-state index in [0.29, 0.717) is 6.61 Å². The monoisotopic (exact) mass is 317 g/mol. The molecule has 0 radical (unpaired) electrons. The van der Waals surface area contributed by atoms with E-state index < -0.39 is 23.2 Å². The second-order valence-electron chi connectivity index (χ2n) is 6.76. The molecule has 0 bridgehead atoms. The van der Waals surface area contributed by atoms with Gasteiger partial charge in [-0.1, -0.05) is 20.8 Å². The van der Waals surface area contributed by atoms with Gasteiger partial charge in [-0.3, -0.25) is 4.90 Å². The van der Waals surface area contributed by atoms with E-state index in [-0.39, 0.29) is 12.6 Å². The van der Waals surface area contributed by atoms with Crippen molar-refractivity contribution in [2.75, 3.05) is 20.4 Å². The molecule has 0 aliphatic carbocycles. The molecular weight excluding hydrogens is 286 g/mol. The highest BCUT2D eigenvalue weighted by Gasteiger charge is 2.47. The number of rotatable bonds is 7. The first kappa shape index (κ1) is 20.7. The number of carbonyl (C=O) groups is 2. The molecule has 0 aromatic heterocycles. The lowest BCUT2D eigenvalue weighted by atomic mass is 9.87. The Morgan fingerprint density at radius 1 is 1.14 bits per heavy atom. The largest absolute Gasteiger partial charge is 0.464 e. The van der Waals surface area contributed by atoms with E-state index in [9.17, 15) is 9.59 Å². The first-order chi connectivity index (χ1) is 10.0. The molecule has 22 heavy (non-hydrogen) atoms. The number of esters is 1. The van der Waals surface area contributed by atoms with Gasteiger partial charge in [-0.25, -0.2) is 9.59 Å². The number of nitrogens with zero attached hydrogens (tertiary/aromatic N) is 1. The Kier molecular flexibility index (Phi) is 7.87. The second-order valence-corrected chi connectivity index (χ2v) is 6.76. The van der Waals surface area contributed by atoms with Gasteiger partial charge in [-0.05, 0) is 40.0 Å². The summed E-state index contributed by atoms with van der Waals surface area (Å²) >= 11 is 0. The van der Waals surface area contributed by atoms with Gasteiger partial charge in [0.25, 0.3) is 0 Å². The maximum atomic E-state index is 12.5. The van der Waals surface area contributed by atoms with Crippen molar-refractivity contribution in [3.05, 3.63) is 0 Å². The van der Waals surface area contributed by atoms with Crippen LogP contribution in [0, 0.1) is 5.92 Å². The molecule has 0 spiro atoms. The van der Waals surface area contributed by atoms with Crippen molar-refractivity contribution in [1.82, 2.24) is 4.90 Å². The predicted octanol–water partition coefficient (Wildman–Crippen LogP) is 3.20. The molecule has 0 saturated heterocycles. The molecule has 0 saturated carbocycles. The molecule has 130 valence electrons. The minimum Gasteiger partial charge on any atom is -0.464 e. The van der Waals surface area contributed by atoms with Crippen LogP contribution in [-0.4, -0.2) is 48.5 Å². The summed E-state index contributed by atoms with van der Waals surface area (Å²) in [5.41, 5.74) is -1.82. The van der Waals surface area contributed by atoms with Gasteiger partial charge in [0.05, 0.1) is 6.61 Å². The lowest BCUT2D eigenvalue weighted by Crippen LogP contribution is -2.60. The van der Waals surface area contributed by atoms with Crippen LogP contribution in [0.15, 0.2) is 0 Å². The normalized spacial score (nSPS) is 14.4. The summed E-state index contributed by atoms with van der Waals surface area (Å²) in [6.45, 7) is 12.9. The van der Waals surface area contributed by atoms with Gasteiger partial charge >= 0.3 is 12.1 Å². The lowest BCUT2D eigenvalue weighted by Gasteiger charge is -2.41. The molecule has 0 fully saturated rings. The Bertz CT molecular complexity index is 375. The van der Waals surface area contributed by atoms with Crippen LogP contribution in [0.1, 0.15) is 54.9 Å². The number of amides is 1. The molecule has 0 aromatic rings. The quantitative estimate of drug-likeness (QED) is 0.533. The molecule has 6 heteroatoms. The van der Waals surface area contributed by atoms with Crippen LogP contribution in [-0.2, 0) is 19.0 Å². The highest BCUT2D eigenvalue weighted by atomic mass is 16.6. The highest BCUT2D eigenvalue weighted by Crippen LogP contribution is 2.28. The van der Waals surface area contributed by atoms with Crippen LogP contribution in [0.2, 0.25) is 0 Å².